The number of nitrogens with zero attached hydrogens (tertiary/aromatic N) is 2. The molecule has 1 aliphatic rings. The molecule has 0 aliphatic carbocycles. The van der Waals surface area contributed by atoms with Crippen molar-refractivity contribution in [2.24, 2.45) is 5.10 Å². The van der Waals surface area contributed by atoms with E-state index in [-0.39, 0.29) is 17.2 Å². The van der Waals surface area contributed by atoms with Gasteiger partial charge in [-0.25, -0.2) is 0 Å². The van der Waals surface area contributed by atoms with Crippen molar-refractivity contribution in [3.05, 3.63) is 41.1 Å². The molecule has 76 valence electrons. The van der Waals surface area contributed by atoms with Crippen LogP contribution in [0.5, 0.6) is 0 Å². The maximum atomic E-state index is 11.7. The van der Waals surface area contributed by atoms with Crippen LogP contribution in [0.4, 0.5) is 0 Å². The summed E-state index contributed by atoms with van der Waals surface area (Å²) in [6.07, 6.45) is 0.405. The highest BCUT2D eigenvalue weighted by Crippen LogP contribution is 2.09. The van der Waals surface area contributed by atoms with Crippen LogP contribution in [-0.2, 0) is 4.79 Å². The molecule has 1 heterocycles. The van der Waals surface area contributed by atoms with Gasteiger partial charge < -0.3 is 5.21 Å². The number of ketones is 1. The Morgan fingerprint density at radius 1 is 1.33 bits per heavy atom. The lowest BCUT2D eigenvalue weighted by atomic mass is 10.0. The van der Waals surface area contributed by atoms with Gasteiger partial charge in [-0.2, -0.15) is 0 Å². The second kappa shape index (κ2) is 3.65. The van der Waals surface area contributed by atoms with Crippen molar-refractivity contribution < 1.29 is 9.64 Å². The van der Waals surface area contributed by atoms with Gasteiger partial charge in [-0.15, -0.1) is 0 Å². The van der Waals surface area contributed by atoms with E-state index in [1.54, 1.807) is 19.1 Å². The van der Waals surface area contributed by atoms with Crippen LogP contribution in [-0.4, -0.2) is 22.1 Å². The molecule has 1 aliphatic heterocycles. The average molecular weight is 202 g/mol. The Labute approximate surface area is 87.1 Å². The van der Waals surface area contributed by atoms with Gasteiger partial charge in [-0.1, -0.05) is 42.1 Å². The lowest BCUT2D eigenvalue weighted by Gasteiger charge is -1.94. The summed E-state index contributed by atoms with van der Waals surface area (Å²) in [5.41, 5.74) is 1.13. The zero-order chi connectivity index (χ0) is 10.8. The van der Waals surface area contributed by atoms with Gasteiger partial charge in [-0.3, -0.25) is 4.79 Å². The van der Waals surface area contributed by atoms with Gasteiger partial charge in [0.2, 0.25) is 0 Å². The molecule has 0 atom stereocenters. The molecule has 0 saturated carbocycles. The summed E-state index contributed by atoms with van der Waals surface area (Å²) in [7, 11) is 0. The quantitative estimate of drug-likeness (QED) is 0.536. The topological polar surface area (TPSA) is 55.5 Å². The predicted molar refractivity (Wildman–Crippen MR) is 56.9 cm³/mol. The summed E-state index contributed by atoms with van der Waals surface area (Å²) in [5.74, 6) is -0.265. The Kier molecular flexibility index (Phi) is 2.33. The first-order valence-electron chi connectivity index (χ1n) is 4.76. The summed E-state index contributed by atoms with van der Waals surface area (Å²) in [5, 5.41) is 15.0. The molecule has 2 rings (SSSR count). The number of carbonyl (C=O) groups is 1. The normalized spacial score (nSPS) is 15.8. The zero-order valence-electron chi connectivity index (χ0n) is 8.30. The number of benzene rings is 1. The predicted octanol–water partition coefficient (Wildman–Crippen LogP) is 1.33. The molecule has 4 nitrogen and oxygen atoms in total. The fourth-order valence-corrected chi connectivity index (χ4v) is 1.50. The van der Waals surface area contributed by atoms with Crippen LogP contribution in [0.3, 0.4) is 0 Å². The number of carbonyl (C=O) groups excluding carboxylic acids is 1. The maximum Gasteiger partial charge on any atom is 0.281 e. The fraction of sp³-hybridized carbons (Fsp3) is 0.182. The van der Waals surface area contributed by atoms with Gasteiger partial charge in [0.15, 0.2) is 5.71 Å². The summed E-state index contributed by atoms with van der Waals surface area (Å²) in [4.78, 5) is 12.2. The molecular weight excluding hydrogens is 192 g/mol. The molecule has 0 aromatic heterocycles. The standard InChI is InChI=1S/C11H10N2O2/c1-2-9-11(14)10(12-13(9)15)8-6-4-3-5-7-8/h3-7H,2H2,1H3. The van der Waals surface area contributed by atoms with Gasteiger partial charge in [-0.05, 0) is 0 Å². The molecule has 1 aromatic rings. The van der Waals surface area contributed by atoms with Crippen LogP contribution in [0.15, 0.2) is 35.4 Å². The van der Waals surface area contributed by atoms with Crippen LogP contribution in [0.25, 0.3) is 0 Å². The van der Waals surface area contributed by atoms with E-state index in [1.807, 2.05) is 18.2 Å². The Bertz CT molecular complexity index is 461. The number of Topliss-reactive ketones (excluding diaryl/α,β-unsaturated/α-hetero) is 1. The average Bonchev–Trinajstić information content (AvgIpc) is 2.55. The number of hydrazone groups is 1. The third-order valence-corrected chi connectivity index (χ3v) is 2.28. The highest BCUT2D eigenvalue weighted by atomic mass is 16.5. The molecule has 0 amide bonds. The van der Waals surface area contributed by atoms with Crippen molar-refractivity contribution >= 4 is 17.2 Å². The third-order valence-electron chi connectivity index (χ3n) is 2.28. The van der Waals surface area contributed by atoms with Gasteiger partial charge >= 0.3 is 0 Å². The van der Waals surface area contributed by atoms with Gasteiger partial charge in [0.1, 0.15) is 0 Å². The van der Waals surface area contributed by atoms with E-state index in [0.29, 0.717) is 16.8 Å². The van der Waals surface area contributed by atoms with E-state index in [1.165, 1.54) is 0 Å². The highest BCUT2D eigenvalue weighted by Gasteiger charge is 2.33. The van der Waals surface area contributed by atoms with E-state index in [4.69, 9.17) is 0 Å². The molecule has 0 N–H and O–H groups in total. The van der Waals surface area contributed by atoms with Crippen LogP contribution in [0, 0.1) is 5.21 Å². The number of rotatable bonds is 2. The summed E-state index contributed by atoms with van der Waals surface area (Å²) in [6, 6.07) is 9.00. The molecule has 0 fully saturated rings. The molecule has 0 radical (unpaired) electrons. The maximum absolute atomic E-state index is 11.7. The van der Waals surface area contributed by atoms with E-state index in [9.17, 15) is 10.0 Å². The molecule has 15 heavy (non-hydrogen) atoms. The Morgan fingerprint density at radius 2 is 2.00 bits per heavy atom. The Balaban J connectivity index is 2.39. The molecule has 0 saturated heterocycles. The van der Waals surface area contributed by atoms with Crippen molar-refractivity contribution in [3.8, 4) is 0 Å². The first kappa shape index (κ1) is 9.58. The molecule has 0 spiro atoms. The smallest absolute Gasteiger partial charge is 0.281 e. The largest absolute Gasteiger partial charge is 0.594 e. The van der Waals surface area contributed by atoms with E-state index in [2.05, 4.69) is 5.10 Å². The second-order valence-corrected chi connectivity index (χ2v) is 3.22. The first-order chi connectivity index (χ1) is 7.24. The van der Waals surface area contributed by atoms with Gasteiger partial charge in [0, 0.05) is 17.1 Å². The second-order valence-electron chi connectivity index (χ2n) is 3.22. The summed E-state index contributed by atoms with van der Waals surface area (Å²) < 4.78 is 0. The van der Waals surface area contributed by atoms with Crippen LogP contribution in [0.1, 0.15) is 18.9 Å². The summed E-state index contributed by atoms with van der Waals surface area (Å²) >= 11 is 0. The van der Waals surface area contributed by atoms with Gasteiger partial charge in [0.25, 0.3) is 11.5 Å². The SMILES string of the molecule is CCC1=[N+]([O-])N=C(c2ccccc2)C1=O. The van der Waals surface area contributed by atoms with Crippen LogP contribution in [0.2, 0.25) is 0 Å². The molecular formula is C11H10N2O2. The van der Waals surface area contributed by atoms with Crippen LogP contribution >= 0.6 is 0 Å². The van der Waals surface area contributed by atoms with Crippen molar-refractivity contribution in [1.82, 2.24) is 0 Å². The molecule has 1 aromatic carbocycles. The van der Waals surface area contributed by atoms with E-state index < -0.39 is 0 Å². The Morgan fingerprint density at radius 3 is 2.53 bits per heavy atom. The molecule has 0 bridgehead atoms. The van der Waals surface area contributed by atoms with Crippen molar-refractivity contribution in [3.63, 3.8) is 0 Å². The van der Waals surface area contributed by atoms with Crippen molar-refractivity contribution in [2.75, 3.05) is 0 Å². The molecule has 0 unspecified atom stereocenters. The minimum absolute atomic E-state index is 0.203. The van der Waals surface area contributed by atoms with E-state index >= 15 is 0 Å². The number of hydrogen-bond donors (Lipinski definition) is 0. The van der Waals surface area contributed by atoms with Crippen molar-refractivity contribution in [1.29, 1.82) is 0 Å². The molecule has 4 heteroatoms. The van der Waals surface area contributed by atoms with E-state index in [0.717, 1.165) is 0 Å². The first-order valence-corrected chi connectivity index (χ1v) is 4.76. The minimum atomic E-state index is -0.265. The fourth-order valence-electron chi connectivity index (χ4n) is 1.50. The van der Waals surface area contributed by atoms with Crippen molar-refractivity contribution in [2.45, 2.75) is 13.3 Å². The third kappa shape index (κ3) is 1.54. The Hall–Kier alpha value is -1.97. The summed E-state index contributed by atoms with van der Waals surface area (Å²) in [6.45, 7) is 1.77. The van der Waals surface area contributed by atoms with Gasteiger partial charge in [0.05, 0.1) is 0 Å². The lowest BCUT2D eigenvalue weighted by molar-refractivity contribution is -0.459. The monoisotopic (exact) mass is 202 g/mol. The lowest BCUT2D eigenvalue weighted by Crippen LogP contribution is -2.21. The van der Waals surface area contributed by atoms with Crippen LogP contribution < -0.4 is 0 Å². The highest BCUT2D eigenvalue weighted by molar-refractivity contribution is 6.69. The number of hydrogen-bond acceptors (Lipinski definition) is 3. The minimum Gasteiger partial charge on any atom is -0.594 e. The zero-order valence-corrected chi connectivity index (χ0v) is 8.30.